The Kier molecular flexibility index (Phi) is 7.96. The summed E-state index contributed by atoms with van der Waals surface area (Å²) < 4.78 is 10.1. The molecule has 1 aromatic heterocycles. The lowest BCUT2D eigenvalue weighted by molar-refractivity contribution is -0.140. The third-order valence-electron chi connectivity index (χ3n) is 6.07. The first-order valence-corrected chi connectivity index (χ1v) is 11.8. The average molecular weight is 483 g/mol. The van der Waals surface area contributed by atoms with Crippen LogP contribution in [-0.4, -0.2) is 78.0 Å². The smallest absolute Gasteiger partial charge is 0.296 e. The second-order valence-corrected chi connectivity index (χ2v) is 8.52. The number of methoxy groups -OCH3 is 1. The van der Waals surface area contributed by atoms with Crippen molar-refractivity contribution in [2.75, 3.05) is 38.6 Å². The molecule has 11 nitrogen and oxygen atoms in total. The predicted molar refractivity (Wildman–Crippen MR) is 128 cm³/mol. The largest absolute Gasteiger partial charge is 0.497 e. The van der Waals surface area contributed by atoms with E-state index < -0.39 is 11.9 Å². The molecule has 1 atom stereocenters. The van der Waals surface area contributed by atoms with Crippen LogP contribution in [0.4, 0.5) is 5.69 Å². The van der Waals surface area contributed by atoms with Gasteiger partial charge in [-0.25, -0.2) is 4.99 Å². The maximum atomic E-state index is 13.3. The number of hydrogen-bond donors (Lipinski definition) is 2. The Bertz CT molecular complexity index is 1050. The van der Waals surface area contributed by atoms with Crippen LogP contribution in [0.15, 0.2) is 46.0 Å². The molecule has 3 heterocycles. The zero-order chi connectivity index (χ0) is 24.6. The fourth-order valence-electron chi connectivity index (χ4n) is 4.16. The Labute approximate surface area is 203 Å². The monoisotopic (exact) mass is 482 g/mol. The van der Waals surface area contributed by atoms with Crippen molar-refractivity contribution in [2.45, 2.75) is 38.1 Å². The molecule has 3 amide bonds. The van der Waals surface area contributed by atoms with E-state index in [1.807, 2.05) is 4.90 Å². The van der Waals surface area contributed by atoms with Gasteiger partial charge in [-0.05, 0) is 56.4 Å². The van der Waals surface area contributed by atoms with Crippen LogP contribution >= 0.6 is 0 Å². The number of rotatable bonds is 6. The summed E-state index contributed by atoms with van der Waals surface area (Å²) >= 11 is 0. The summed E-state index contributed by atoms with van der Waals surface area (Å²) in [6.45, 7) is 2.05. The number of hydrogen-bond acceptors (Lipinski definition) is 7. The van der Waals surface area contributed by atoms with Gasteiger partial charge in [-0.3, -0.25) is 19.7 Å². The first kappa shape index (κ1) is 24.2. The van der Waals surface area contributed by atoms with Crippen molar-refractivity contribution >= 4 is 29.4 Å². The SMILES string of the molecule is COc1ccc(NC(=N[C@H]2CCCCN(CC(=O)N3CCCC3)C2=O)NC(=O)c2ccno2)cc1. The molecule has 2 aromatic rings. The summed E-state index contributed by atoms with van der Waals surface area (Å²) in [5.41, 5.74) is 0.643. The molecule has 2 N–H and O–H groups in total. The van der Waals surface area contributed by atoms with Crippen LogP contribution in [0, 0.1) is 0 Å². The van der Waals surface area contributed by atoms with Gasteiger partial charge in [0.25, 0.3) is 5.91 Å². The molecule has 2 aliphatic heterocycles. The average Bonchev–Trinajstić information content (AvgIpc) is 3.57. The van der Waals surface area contributed by atoms with E-state index in [0.717, 1.165) is 38.8 Å². The van der Waals surface area contributed by atoms with Crippen molar-refractivity contribution in [3.63, 3.8) is 0 Å². The molecule has 0 bridgehead atoms. The Hall–Kier alpha value is -3.89. The zero-order valence-electron chi connectivity index (χ0n) is 19.7. The number of ether oxygens (including phenoxy) is 1. The van der Waals surface area contributed by atoms with Crippen LogP contribution in [0.5, 0.6) is 5.75 Å². The van der Waals surface area contributed by atoms with Crippen molar-refractivity contribution in [1.29, 1.82) is 0 Å². The highest BCUT2D eigenvalue weighted by molar-refractivity contribution is 6.09. The number of aromatic nitrogens is 1. The number of carbonyl (C=O) groups excluding carboxylic acids is 3. The minimum Gasteiger partial charge on any atom is -0.497 e. The second kappa shape index (κ2) is 11.5. The van der Waals surface area contributed by atoms with Gasteiger partial charge in [0, 0.05) is 31.4 Å². The van der Waals surface area contributed by atoms with E-state index in [1.54, 1.807) is 36.3 Å². The van der Waals surface area contributed by atoms with Crippen LogP contribution in [0.3, 0.4) is 0 Å². The molecule has 11 heteroatoms. The summed E-state index contributed by atoms with van der Waals surface area (Å²) in [4.78, 5) is 46.6. The van der Waals surface area contributed by atoms with Crippen molar-refractivity contribution in [2.24, 2.45) is 4.99 Å². The molecule has 35 heavy (non-hydrogen) atoms. The maximum Gasteiger partial charge on any atom is 0.296 e. The van der Waals surface area contributed by atoms with E-state index in [1.165, 1.54) is 12.3 Å². The van der Waals surface area contributed by atoms with E-state index in [9.17, 15) is 14.4 Å². The first-order valence-electron chi connectivity index (χ1n) is 11.8. The summed E-state index contributed by atoms with van der Waals surface area (Å²) in [7, 11) is 1.57. The van der Waals surface area contributed by atoms with Gasteiger partial charge < -0.3 is 24.4 Å². The van der Waals surface area contributed by atoms with Crippen LogP contribution in [-0.2, 0) is 9.59 Å². The Morgan fingerprint density at radius 3 is 2.54 bits per heavy atom. The number of carbonyl (C=O) groups is 3. The normalized spacial score (nSPS) is 18.8. The highest BCUT2D eigenvalue weighted by atomic mass is 16.5. The number of likely N-dealkylation sites (tertiary alicyclic amines) is 2. The van der Waals surface area contributed by atoms with Crippen molar-refractivity contribution in [3.05, 3.63) is 42.3 Å². The predicted octanol–water partition coefficient (Wildman–Crippen LogP) is 1.88. The molecule has 186 valence electrons. The summed E-state index contributed by atoms with van der Waals surface area (Å²) in [6, 6.07) is 7.76. The van der Waals surface area contributed by atoms with Crippen molar-refractivity contribution < 1.29 is 23.6 Å². The molecular weight excluding hydrogens is 452 g/mol. The number of benzene rings is 1. The van der Waals surface area contributed by atoms with Gasteiger partial charge in [-0.1, -0.05) is 5.16 Å². The standard InChI is InChI=1S/C24H30N6O5/c1-34-18-9-7-17(8-10-18)26-24(28-22(32)20-11-12-25-35-20)27-19-6-2-3-15-30(23(19)33)16-21(31)29-13-4-5-14-29/h7-12,19H,2-6,13-16H2,1H3,(H2,26,27,28,32)/t19-/m0/s1. The lowest BCUT2D eigenvalue weighted by Gasteiger charge is -2.25. The van der Waals surface area contributed by atoms with Crippen LogP contribution in [0.1, 0.15) is 42.7 Å². The van der Waals surface area contributed by atoms with Crippen LogP contribution in [0.2, 0.25) is 0 Å². The molecule has 4 rings (SSSR count). The number of amides is 3. The first-order chi connectivity index (χ1) is 17.0. The molecule has 1 aromatic carbocycles. The van der Waals surface area contributed by atoms with E-state index in [2.05, 4.69) is 20.8 Å². The fourth-order valence-corrected chi connectivity index (χ4v) is 4.16. The maximum absolute atomic E-state index is 13.3. The van der Waals surface area contributed by atoms with Gasteiger partial charge in [-0.2, -0.15) is 0 Å². The van der Waals surface area contributed by atoms with E-state index in [-0.39, 0.29) is 30.1 Å². The van der Waals surface area contributed by atoms with E-state index in [0.29, 0.717) is 24.4 Å². The molecule has 0 saturated carbocycles. The minimum atomic E-state index is -0.736. The summed E-state index contributed by atoms with van der Waals surface area (Å²) in [5.74, 6) is -0.0167. The van der Waals surface area contributed by atoms with Crippen molar-refractivity contribution in [1.82, 2.24) is 20.3 Å². The molecule has 2 aliphatic rings. The van der Waals surface area contributed by atoms with Gasteiger partial charge in [-0.15, -0.1) is 0 Å². The lowest BCUT2D eigenvalue weighted by Crippen LogP contribution is -2.45. The molecule has 0 spiro atoms. The van der Waals surface area contributed by atoms with Gasteiger partial charge in [0.1, 0.15) is 11.8 Å². The second-order valence-electron chi connectivity index (χ2n) is 8.52. The van der Waals surface area contributed by atoms with Gasteiger partial charge in [0.05, 0.1) is 19.9 Å². The van der Waals surface area contributed by atoms with Gasteiger partial charge in [0.2, 0.25) is 23.5 Å². The summed E-state index contributed by atoms with van der Waals surface area (Å²) in [6.07, 6.45) is 5.44. The topological polar surface area (TPSA) is 129 Å². The zero-order valence-corrected chi connectivity index (χ0v) is 19.7. The Morgan fingerprint density at radius 2 is 1.86 bits per heavy atom. The number of anilines is 1. The molecule has 0 unspecified atom stereocenters. The highest BCUT2D eigenvalue weighted by Gasteiger charge is 2.30. The third kappa shape index (κ3) is 6.37. The van der Waals surface area contributed by atoms with Crippen LogP contribution in [0.25, 0.3) is 0 Å². The third-order valence-corrected chi connectivity index (χ3v) is 6.07. The number of nitrogens with zero attached hydrogens (tertiary/aromatic N) is 4. The summed E-state index contributed by atoms with van der Waals surface area (Å²) in [5, 5.41) is 9.30. The number of aliphatic imine (C=N–C) groups is 1. The fraction of sp³-hybridized carbons (Fsp3) is 0.458. The minimum absolute atomic E-state index is 0.0132. The molecular formula is C24H30N6O5. The Morgan fingerprint density at radius 1 is 1.11 bits per heavy atom. The molecule has 0 radical (unpaired) electrons. The van der Waals surface area contributed by atoms with Gasteiger partial charge in [0.15, 0.2) is 0 Å². The van der Waals surface area contributed by atoms with Gasteiger partial charge >= 0.3 is 0 Å². The van der Waals surface area contributed by atoms with Crippen molar-refractivity contribution in [3.8, 4) is 5.75 Å². The van der Waals surface area contributed by atoms with E-state index in [4.69, 9.17) is 9.26 Å². The Balaban J connectivity index is 1.53. The molecule has 2 fully saturated rings. The lowest BCUT2D eigenvalue weighted by atomic mass is 10.1. The molecule has 0 aliphatic carbocycles. The van der Waals surface area contributed by atoms with E-state index >= 15 is 0 Å². The molecule has 2 saturated heterocycles. The number of nitrogens with one attached hydrogen (secondary N) is 2. The highest BCUT2D eigenvalue weighted by Crippen LogP contribution is 2.18. The van der Waals surface area contributed by atoms with Crippen LogP contribution < -0.4 is 15.4 Å². The quantitative estimate of drug-likeness (QED) is 0.475. The number of guanidine groups is 1.